The number of para-hydroxylation sites is 2. The Bertz CT molecular complexity index is 3060. The summed E-state index contributed by atoms with van der Waals surface area (Å²) in [7, 11) is 0. The maximum absolute atomic E-state index is 2.44. The number of fused-ring (bicyclic) bond motifs is 10. The van der Waals surface area contributed by atoms with E-state index in [0.29, 0.717) is 0 Å². The highest BCUT2D eigenvalue weighted by atomic mass is 32.1. The van der Waals surface area contributed by atoms with Crippen LogP contribution in [0.2, 0.25) is 0 Å². The second-order valence-electron chi connectivity index (χ2n) is 15.0. The lowest BCUT2D eigenvalue weighted by atomic mass is 9.82. The molecular weight excluding hydrogens is 673 g/mol. The normalized spacial score (nSPS) is 13.1. The molecular formula is C51H36N2S. The van der Waals surface area contributed by atoms with Crippen LogP contribution in [-0.4, -0.2) is 4.57 Å². The van der Waals surface area contributed by atoms with Gasteiger partial charge in [-0.15, -0.1) is 11.3 Å². The summed E-state index contributed by atoms with van der Waals surface area (Å²) in [5.41, 5.74) is 14.8. The molecule has 3 heteroatoms. The zero-order valence-corrected chi connectivity index (χ0v) is 30.9. The van der Waals surface area contributed by atoms with Crippen molar-refractivity contribution < 1.29 is 0 Å². The Hall–Kier alpha value is -6.42. The zero-order chi connectivity index (χ0) is 36.0. The summed E-state index contributed by atoms with van der Waals surface area (Å²) in [6.07, 6.45) is 0. The molecule has 11 rings (SSSR count). The van der Waals surface area contributed by atoms with Gasteiger partial charge in [-0.25, -0.2) is 0 Å². The Morgan fingerprint density at radius 1 is 0.463 bits per heavy atom. The van der Waals surface area contributed by atoms with Gasteiger partial charge < -0.3 is 9.47 Å². The van der Waals surface area contributed by atoms with Crippen molar-refractivity contribution in [1.29, 1.82) is 0 Å². The largest absolute Gasteiger partial charge is 0.310 e. The molecule has 0 radical (unpaired) electrons. The molecule has 0 amide bonds. The van der Waals surface area contributed by atoms with Crippen molar-refractivity contribution in [2.75, 3.05) is 4.90 Å². The molecule has 0 aliphatic heterocycles. The molecule has 10 aromatic rings. The molecule has 2 nitrogen and oxygen atoms in total. The molecule has 2 heterocycles. The Morgan fingerprint density at radius 3 is 1.94 bits per heavy atom. The minimum atomic E-state index is -0.0717. The maximum atomic E-state index is 2.44. The van der Waals surface area contributed by atoms with E-state index < -0.39 is 0 Å². The number of hydrogen-bond acceptors (Lipinski definition) is 2. The Labute approximate surface area is 318 Å². The van der Waals surface area contributed by atoms with Crippen LogP contribution in [0.25, 0.3) is 69.9 Å². The predicted octanol–water partition coefficient (Wildman–Crippen LogP) is 14.6. The van der Waals surface area contributed by atoms with E-state index in [9.17, 15) is 0 Å². The topological polar surface area (TPSA) is 8.17 Å². The van der Waals surface area contributed by atoms with Crippen molar-refractivity contribution in [2.45, 2.75) is 19.3 Å². The van der Waals surface area contributed by atoms with Crippen LogP contribution in [0.3, 0.4) is 0 Å². The summed E-state index contributed by atoms with van der Waals surface area (Å²) in [6, 6.07) is 66.9. The molecule has 2 aromatic heterocycles. The van der Waals surface area contributed by atoms with Crippen molar-refractivity contribution in [3.63, 3.8) is 0 Å². The van der Waals surface area contributed by atoms with E-state index >= 15 is 0 Å². The van der Waals surface area contributed by atoms with Gasteiger partial charge in [0.2, 0.25) is 0 Å². The third kappa shape index (κ3) is 4.58. The van der Waals surface area contributed by atoms with Crippen LogP contribution in [0.1, 0.15) is 25.0 Å². The Balaban J connectivity index is 1.04. The van der Waals surface area contributed by atoms with Crippen LogP contribution < -0.4 is 4.90 Å². The molecule has 8 aromatic carbocycles. The highest BCUT2D eigenvalue weighted by molar-refractivity contribution is 7.26. The second-order valence-corrected chi connectivity index (χ2v) is 16.0. The van der Waals surface area contributed by atoms with Gasteiger partial charge in [-0.1, -0.05) is 129 Å². The summed E-state index contributed by atoms with van der Waals surface area (Å²) < 4.78 is 5.12. The molecule has 0 bridgehead atoms. The smallest absolute Gasteiger partial charge is 0.0555 e. The highest BCUT2D eigenvalue weighted by Crippen LogP contribution is 2.51. The predicted molar refractivity (Wildman–Crippen MR) is 231 cm³/mol. The van der Waals surface area contributed by atoms with Crippen molar-refractivity contribution in [3.8, 4) is 27.9 Å². The summed E-state index contributed by atoms with van der Waals surface area (Å²) in [5.74, 6) is 0. The first-order valence-corrected chi connectivity index (χ1v) is 19.5. The van der Waals surface area contributed by atoms with Gasteiger partial charge >= 0.3 is 0 Å². The quantitative estimate of drug-likeness (QED) is 0.173. The van der Waals surface area contributed by atoms with E-state index in [0.717, 1.165) is 17.1 Å². The van der Waals surface area contributed by atoms with E-state index in [-0.39, 0.29) is 5.41 Å². The molecule has 1 aliphatic rings. The number of aromatic nitrogens is 1. The van der Waals surface area contributed by atoms with Gasteiger partial charge in [-0.2, -0.15) is 0 Å². The lowest BCUT2D eigenvalue weighted by molar-refractivity contribution is 0.660. The van der Waals surface area contributed by atoms with Gasteiger partial charge in [0.05, 0.1) is 11.0 Å². The van der Waals surface area contributed by atoms with Gasteiger partial charge in [0.25, 0.3) is 0 Å². The maximum Gasteiger partial charge on any atom is 0.0555 e. The van der Waals surface area contributed by atoms with Crippen LogP contribution in [-0.2, 0) is 5.41 Å². The summed E-state index contributed by atoms with van der Waals surface area (Å²) in [5, 5.41) is 5.26. The lowest BCUT2D eigenvalue weighted by Crippen LogP contribution is -2.16. The summed E-state index contributed by atoms with van der Waals surface area (Å²) in [6.45, 7) is 4.70. The van der Waals surface area contributed by atoms with Crippen LogP contribution in [0.5, 0.6) is 0 Å². The molecule has 54 heavy (non-hydrogen) atoms. The molecule has 0 spiro atoms. The van der Waals surface area contributed by atoms with Gasteiger partial charge in [0.1, 0.15) is 0 Å². The number of thiophene rings is 1. The first-order chi connectivity index (χ1) is 26.5. The van der Waals surface area contributed by atoms with Crippen LogP contribution in [0.15, 0.2) is 182 Å². The molecule has 0 unspecified atom stereocenters. The number of hydrogen-bond donors (Lipinski definition) is 0. The fourth-order valence-electron chi connectivity index (χ4n) is 8.98. The summed E-state index contributed by atoms with van der Waals surface area (Å²) >= 11 is 1.90. The fraction of sp³-hybridized carbons (Fsp3) is 0.0588. The second kappa shape index (κ2) is 11.8. The molecule has 0 saturated carbocycles. The molecule has 1 aliphatic carbocycles. The van der Waals surface area contributed by atoms with Crippen molar-refractivity contribution in [1.82, 2.24) is 4.57 Å². The van der Waals surface area contributed by atoms with Gasteiger partial charge in [-0.3, -0.25) is 0 Å². The minimum absolute atomic E-state index is 0.0717. The number of nitrogens with zero attached hydrogens (tertiary/aromatic N) is 2. The van der Waals surface area contributed by atoms with Crippen molar-refractivity contribution in [3.05, 3.63) is 193 Å². The van der Waals surface area contributed by atoms with Gasteiger partial charge in [-0.05, 0) is 100 Å². The Morgan fingerprint density at radius 2 is 1.11 bits per heavy atom. The minimum Gasteiger partial charge on any atom is -0.310 e. The third-order valence-electron chi connectivity index (χ3n) is 11.6. The van der Waals surface area contributed by atoms with E-state index in [1.807, 2.05) is 11.3 Å². The van der Waals surface area contributed by atoms with Crippen LogP contribution >= 0.6 is 11.3 Å². The van der Waals surface area contributed by atoms with E-state index in [1.54, 1.807) is 0 Å². The lowest BCUT2D eigenvalue weighted by Gasteiger charge is -2.28. The van der Waals surface area contributed by atoms with Gasteiger partial charge in [0, 0.05) is 59.1 Å². The zero-order valence-electron chi connectivity index (χ0n) is 30.1. The molecule has 256 valence electrons. The van der Waals surface area contributed by atoms with Gasteiger partial charge in [0.15, 0.2) is 0 Å². The monoisotopic (exact) mass is 708 g/mol. The van der Waals surface area contributed by atoms with Crippen LogP contribution in [0.4, 0.5) is 17.1 Å². The fourth-order valence-corrected chi connectivity index (χ4v) is 10.2. The molecule has 0 N–H and O–H groups in total. The number of benzene rings is 8. The first-order valence-electron chi connectivity index (χ1n) is 18.7. The Kier molecular flexibility index (Phi) is 6.80. The number of rotatable bonds is 5. The third-order valence-corrected chi connectivity index (χ3v) is 12.8. The van der Waals surface area contributed by atoms with Crippen molar-refractivity contribution in [2.24, 2.45) is 0 Å². The average Bonchev–Trinajstić information content (AvgIpc) is 3.84. The molecule has 0 saturated heterocycles. The van der Waals surface area contributed by atoms with Crippen LogP contribution in [0, 0.1) is 0 Å². The number of anilines is 3. The first kappa shape index (κ1) is 31.1. The molecule has 0 fully saturated rings. The van der Waals surface area contributed by atoms with E-state index in [4.69, 9.17) is 0 Å². The summed E-state index contributed by atoms with van der Waals surface area (Å²) in [4.78, 5) is 2.38. The average molecular weight is 709 g/mol. The molecule has 0 atom stereocenters. The highest BCUT2D eigenvalue weighted by Gasteiger charge is 2.35. The van der Waals surface area contributed by atoms with E-state index in [1.165, 1.54) is 81.0 Å². The standard InChI is InChI=1S/C51H36N2S/c1-51(2)44-19-11-9-17-39(44)40-28-26-38(32-45(40)51)52(35-13-5-3-6-14-35)37-24-21-33(22-25-37)34-23-27-43-47(31-34)53(36-15-7-4-8-16-36)46-30-29-42-41-18-10-12-20-48(41)54-50(42)49(43)46/h3-32H,1-2H3. The van der Waals surface area contributed by atoms with Crippen molar-refractivity contribution >= 4 is 70.4 Å². The van der Waals surface area contributed by atoms with E-state index in [2.05, 4.69) is 205 Å². The SMILES string of the molecule is CC1(C)c2ccccc2-c2ccc(N(c3ccccc3)c3ccc(-c4ccc5c6c7sc8ccccc8c7ccc6n(-c6ccccc6)c5c4)cc3)cc21.